The number of carbonyl (C=O) groups is 1. The van der Waals surface area contributed by atoms with Crippen molar-refractivity contribution in [3.8, 4) is 5.75 Å². The van der Waals surface area contributed by atoms with E-state index in [1.54, 1.807) is 23.0 Å². The number of Topliss-reactive ketones (excluding diaryl/α,β-unsaturated/α-hetero) is 1. The third-order valence-electron chi connectivity index (χ3n) is 2.86. The molecule has 0 aliphatic heterocycles. The summed E-state index contributed by atoms with van der Waals surface area (Å²) in [6.07, 6.45) is 4.43. The van der Waals surface area contributed by atoms with Gasteiger partial charge in [-0.2, -0.15) is 5.10 Å². The Labute approximate surface area is 125 Å². The van der Waals surface area contributed by atoms with Crippen LogP contribution in [-0.2, 0) is 13.5 Å². The molecule has 20 heavy (non-hydrogen) atoms. The largest absolute Gasteiger partial charge is 0.490 e. The molecule has 5 nitrogen and oxygen atoms in total. The van der Waals surface area contributed by atoms with Gasteiger partial charge in [0.1, 0.15) is 0 Å². The number of halogens is 1. The summed E-state index contributed by atoms with van der Waals surface area (Å²) in [7, 11) is 1.87. The number of carbonyl (C=O) groups excluding carboxylic acids is 1. The summed E-state index contributed by atoms with van der Waals surface area (Å²) in [4.78, 5) is 11.6. The van der Waals surface area contributed by atoms with Gasteiger partial charge < -0.3 is 10.5 Å². The topological polar surface area (TPSA) is 70.1 Å². The highest BCUT2D eigenvalue weighted by Crippen LogP contribution is 2.31. The van der Waals surface area contributed by atoms with Crippen molar-refractivity contribution in [3.63, 3.8) is 0 Å². The first-order valence-corrected chi connectivity index (χ1v) is 6.97. The third kappa shape index (κ3) is 3.39. The van der Waals surface area contributed by atoms with E-state index >= 15 is 0 Å². The average molecular weight is 338 g/mol. The van der Waals surface area contributed by atoms with Crippen molar-refractivity contribution in [1.29, 1.82) is 0 Å². The van der Waals surface area contributed by atoms with Gasteiger partial charge in [-0.05, 0) is 24.6 Å². The SMILES string of the molecule is CC(=O)c1cc(Br)cc(N)c1OCCc1cnn(C)c1. The maximum atomic E-state index is 11.6. The predicted octanol–water partition coefficient (Wildman–Crippen LogP) is 2.59. The maximum absolute atomic E-state index is 11.6. The molecule has 0 aliphatic rings. The van der Waals surface area contributed by atoms with Crippen LogP contribution in [0, 0.1) is 0 Å². The highest BCUT2D eigenvalue weighted by molar-refractivity contribution is 9.10. The molecule has 0 amide bonds. The van der Waals surface area contributed by atoms with Crippen molar-refractivity contribution >= 4 is 27.4 Å². The summed E-state index contributed by atoms with van der Waals surface area (Å²) in [5, 5.41) is 4.09. The average Bonchev–Trinajstić information content (AvgIpc) is 2.77. The number of aromatic nitrogens is 2. The molecule has 0 radical (unpaired) electrons. The summed E-state index contributed by atoms with van der Waals surface area (Å²) in [6.45, 7) is 1.94. The third-order valence-corrected chi connectivity index (χ3v) is 3.32. The minimum Gasteiger partial charge on any atom is -0.490 e. The molecule has 0 saturated heterocycles. The lowest BCUT2D eigenvalue weighted by atomic mass is 10.1. The summed E-state index contributed by atoms with van der Waals surface area (Å²) in [5.74, 6) is 0.374. The quantitative estimate of drug-likeness (QED) is 0.672. The number of hydrogen-bond acceptors (Lipinski definition) is 4. The van der Waals surface area contributed by atoms with Crippen LogP contribution < -0.4 is 10.5 Å². The molecular weight excluding hydrogens is 322 g/mol. The summed E-state index contributed by atoms with van der Waals surface area (Å²) in [5.41, 5.74) is 7.94. The first-order valence-electron chi connectivity index (χ1n) is 6.17. The van der Waals surface area contributed by atoms with E-state index in [1.165, 1.54) is 6.92 Å². The van der Waals surface area contributed by atoms with E-state index in [2.05, 4.69) is 21.0 Å². The number of benzene rings is 1. The Bertz CT molecular complexity index is 637. The van der Waals surface area contributed by atoms with Gasteiger partial charge in [0.25, 0.3) is 0 Å². The number of anilines is 1. The first-order chi connectivity index (χ1) is 9.47. The molecular formula is C14H16BrN3O2. The molecule has 106 valence electrons. The fraction of sp³-hybridized carbons (Fsp3) is 0.286. The zero-order valence-corrected chi connectivity index (χ0v) is 13.0. The highest BCUT2D eigenvalue weighted by atomic mass is 79.9. The predicted molar refractivity (Wildman–Crippen MR) is 81.0 cm³/mol. The first kappa shape index (κ1) is 14.6. The van der Waals surface area contributed by atoms with Gasteiger partial charge in [0.15, 0.2) is 11.5 Å². The Kier molecular flexibility index (Phi) is 4.44. The number of rotatable bonds is 5. The minimum atomic E-state index is -0.0747. The van der Waals surface area contributed by atoms with Crippen LogP contribution >= 0.6 is 15.9 Å². The molecule has 0 aliphatic carbocycles. The van der Waals surface area contributed by atoms with Gasteiger partial charge >= 0.3 is 0 Å². The van der Waals surface area contributed by atoms with Crippen LogP contribution in [0.25, 0.3) is 0 Å². The minimum absolute atomic E-state index is 0.0747. The molecule has 2 N–H and O–H groups in total. The number of aryl methyl sites for hydroxylation is 1. The van der Waals surface area contributed by atoms with Gasteiger partial charge in [-0.25, -0.2) is 0 Å². The second kappa shape index (κ2) is 6.09. The van der Waals surface area contributed by atoms with Gasteiger partial charge in [0.05, 0.1) is 24.1 Å². The Hall–Kier alpha value is -1.82. The van der Waals surface area contributed by atoms with Gasteiger partial charge in [0.2, 0.25) is 0 Å². The molecule has 1 aromatic carbocycles. The monoisotopic (exact) mass is 337 g/mol. The lowest BCUT2D eigenvalue weighted by molar-refractivity contribution is 0.101. The zero-order chi connectivity index (χ0) is 14.7. The molecule has 2 rings (SSSR count). The van der Waals surface area contributed by atoms with Gasteiger partial charge in [-0.15, -0.1) is 0 Å². The fourth-order valence-electron chi connectivity index (χ4n) is 1.91. The van der Waals surface area contributed by atoms with Crippen LogP contribution in [-0.4, -0.2) is 22.2 Å². The Morgan fingerprint density at radius 3 is 2.85 bits per heavy atom. The number of ketones is 1. The lowest BCUT2D eigenvalue weighted by Crippen LogP contribution is -2.07. The van der Waals surface area contributed by atoms with Crippen LogP contribution in [0.15, 0.2) is 29.0 Å². The Morgan fingerprint density at radius 2 is 2.25 bits per heavy atom. The molecule has 0 spiro atoms. The molecule has 0 unspecified atom stereocenters. The second-order valence-corrected chi connectivity index (χ2v) is 5.46. The standard InChI is InChI=1S/C14H16BrN3O2/c1-9(19)12-5-11(15)6-13(16)14(12)20-4-3-10-7-17-18(2)8-10/h5-8H,3-4,16H2,1-2H3. The Morgan fingerprint density at radius 1 is 1.50 bits per heavy atom. The van der Waals surface area contributed by atoms with Gasteiger partial charge in [-0.3, -0.25) is 9.48 Å². The van der Waals surface area contributed by atoms with Crippen LogP contribution in [0.5, 0.6) is 5.75 Å². The van der Waals surface area contributed by atoms with E-state index in [0.717, 1.165) is 10.0 Å². The van der Waals surface area contributed by atoms with Crippen molar-refractivity contribution in [2.45, 2.75) is 13.3 Å². The van der Waals surface area contributed by atoms with E-state index < -0.39 is 0 Å². The number of ether oxygens (including phenoxy) is 1. The van der Waals surface area contributed by atoms with Crippen LogP contribution in [0.1, 0.15) is 22.8 Å². The summed E-state index contributed by atoms with van der Waals surface area (Å²) in [6, 6.07) is 3.45. The molecule has 0 fully saturated rings. The summed E-state index contributed by atoms with van der Waals surface area (Å²) >= 11 is 3.32. The molecule has 1 aromatic heterocycles. The maximum Gasteiger partial charge on any atom is 0.163 e. The Balaban J connectivity index is 2.10. The molecule has 0 bridgehead atoms. The fourth-order valence-corrected chi connectivity index (χ4v) is 2.38. The zero-order valence-electron chi connectivity index (χ0n) is 11.4. The molecule has 6 heteroatoms. The van der Waals surface area contributed by atoms with E-state index in [0.29, 0.717) is 30.0 Å². The number of nitrogens with two attached hydrogens (primary N) is 1. The lowest BCUT2D eigenvalue weighted by Gasteiger charge is -2.12. The van der Waals surface area contributed by atoms with E-state index in [4.69, 9.17) is 10.5 Å². The van der Waals surface area contributed by atoms with E-state index in [9.17, 15) is 4.79 Å². The van der Waals surface area contributed by atoms with Gasteiger partial charge in [-0.1, -0.05) is 15.9 Å². The van der Waals surface area contributed by atoms with E-state index in [-0.39, 0.29) is 5.78 Å². The van der Waals surface area contributed by atoms with Crippen molar-refractivity contribution < 1.29 is 9.53 Å². The van der Waals surface area contributed by atoms with E-state index in [1.807, 2.05) is 13.2 Å². The smallest absolute Gasteiger partial charge is 0.163 e. The number of hydrogen-bond donors (Lipinski definition) is 1. The van der Waals surface area contributed by atoms with Crippen LogP contribution in [0.3, 0.4) is 0 Å². The molecule has 0 saturated carbocycles. The summed E-state index contributed by atoms with van der Waals surface area (Å²) < 4.78 is 8.20. The second-order valence-electron chi connectivity index (χ2n) is 4.55. The van der Waals surface area contributed by atoms with Crippen molar-refractivity contribution in [1.82, 2.24) is 9.78 Å². The van der Waals surface area contributed by atoms with Crippen LogP contribution in [0.2, 0.25) is 0 Å². The van der Waals surface area contributed by atoms with Crippen molar-refractivity contribution in [3.05, 3.63) is 40.1 Å². The van der Waals surface area contributed by atoms with Crippen LogP contribution in [0.4, 0.5) is 5.69 Å². The highest BCUT2D eigenvalue weighted by Gasteiger charge is 2.13. The number of nitrogens with zero attached hydrogens (tertiary/aromatic N) is 2. The van der Waals surface area contributed by atoms with Crippen molar-refractivity contribution in [2.75, 3.05) is 12.3 Å². The normalized spacial score (nSPS) is 10.6. The molecule has 2 aromatic rings. The molecule has 0 atom stereocenters. The van der Waals surface area contributed by atoms with Gasteiger partial charge in [0, 0.05) is 24.1 Å². The van der Waals surface area contributed by atoms with Crippen molar-refractivity contribution in [2.24, 2.45) is 7.05 Å². The molecule has 1 heterocycles. The number of nitrogen functional groups attached to an aromatic ring is 1.